The first kappa shape index (κ1) is 14.0. The molecule has 0 bridgehead atoms. The Hall–Kier alpha value is -2.41. The van der Waals surface area contributed by atoms with E-state index in [4.69, 9.17) is 25.8 Å². The van der Waals surface area contributed by atoms with Crippen LogP contribution in [0.2, 0.25) is 5.28 Å². The maximum atomic E-state index is 10.7. The quantitative estimate of drug-likeness (QED) is 0.781. The highest BCUT2D eigenvalue weighted by Gasteiger charge is 2.11. The summed E-state index contributed by atoms with van der Waals surface area (Å²) in [5, 5.41) is -0.0599. The van der Waals surface area contributed by atoms with Crippen molar-refractivity contribution in [3.8, 4) is 23.5 Å². The summed E-state index contributed by atoms with van der Waals surface area (Å²) in [4.78, 5) is 22.1. The normalized spacial score (nSPS) is 9.95. The third kappa shape index (κ3) is 3.12. The van der Waals surface area contributed by atoms with E-state index in [0.717, 1.165) is 0 Å². The zero-order chi connectivity index (χ0) is 14.5. The molecule has 0 aliphatic rings. The highest BCUT2D eigenvalue weighted by Crippen LogP contribution is 2.31. The number of rotatable bonds is 5. The summed E-state index contributed by atoms with van der Waals surface area (Å²) in [6, 6.07) is 4.66. The lowest BCUT2D eigenvalue weighted by atomic mass is 10.2. The van der Waals surface area contributed by atoms with E-state index in [-0.39, 0.29) is 17.3 Å². The van der Waals surface area contributed by atoms with Crippen molar-refractivity contribution in [2.45, 2.75) is 0 Å². The Kier molecular flexibility index (Phi) is 4.31. The van der Waals surface area contributed by atoms with Crippen LogP contribution in [0.3, 0.4) is 0 Å². The maximum Gasteiger partial charge on any atom is 0.329 e. The van der Waals surface area contributed by atoms with Crippen LogP contribution < -0.4 is 14.2 Å². The number of benzene rings is 1. The molecule has 0 N–H and O–H groups in total. The lowest BCUT2D eigenvalue weighted by Crippen LogP contribution is -2.00. The average molecular weight is 296 g/mol. The number of carbonyl (C=O) groups is 1. The number of carbonyl (C=O) groups excluding carboxylic acids is 1. The summed E-state index contributed by atoms with van der Waals surface area (Å²) >= 11 is 5.72. The predicted octanol–water partition coefficient (Wildman–Crippen LogP) is 2.15. The molecule has 104 valence electrons. The van der Waals surface area contributed by atoms with Crippen molar-refractivity contribution < 1.29 is 19.0 Å². The van der Waals surface area contributed by atoms with E-state index in [9.17, 15) is 4.79 Å². The second kappa shape index (κ2) is 6.16. The van der Waals surface area contributed by atoms with Gasteiger partial charge < -0.3 is 14.2 Å². The van der Waals surface area contributed by atoms with Gasteiger partial charge in [-0.2, -0.15) is 9.97 Å². The van der Waals surface area contributed by atoms with Crippen molar-refractivity contribution in [3.63, 3.8) is 0 Å². The lowest BCUT2D eigenvalue weighted by molar-refractivity contribution is 0.112. The Balaban J connectivity index is 2.34. The van der Waals surface area contributed by atoms with Gasteiger partial charge in [0.15, 0.2) is 11.5 Å². The van der Waals surface area contributed by atoms with Gasteiger partial charge in [0.25, 0.3) is 0 Å². The second-order valence-electron chi connectivity index (χ2n) is 3.50. The molecule has 0 amide bonds. The largest absolute Gasteiger partial charge is 0.493 e. The molecule has 0 saturated carbocycles. The van der Waals surface area contributed by atoms with E-state index in [1.54, 1.807) is 12.1 Å². The van der Waals surface area contributed by atoms with Gasteiger partial charge in [-0.15, -0.1) is 4.98 Å². The van der Waals surface area contributed by atoms with Crippen molar-refractivity contribution in [2.75, 3.05) is 14.2 Å². The van der Waals surface area contributed by atoms with E-state index < -0.39 is 0 Å². The second-order valence-corrected chi connectivity index (χ2v) is 3.84. The number of methoxy groups -OCH3 is 2. The Morgan fingerprint density at radius 1 is 1.05 bits per heavy atom. The number of hydrogen-bond acceptors (Lipinski definition) is 7. The van der Waals surface area contributed by atoms with Gasteiger partial charge in [0.1, 0.15) is 6.29 Å². The van der Waals surface area contributed by atoms with Gasteiger partial charge in [-0.05, 0) is 29.8 Å². The van der Waals surface area contributed by atoms with E-state index in [1.807, 2.05) is 0 Å². The van der Waals surface area contributed by atoms with Crippen LogP contribution in [0, 0.1) is 0 Å². The van der Waals surface area contributed by atoms with Crippen LogP contribution in [-0.2, 0) is 0 Å². The van der Waals surface area contributed by atoms with Crippen molar-refractivity contribution in [1.29, 1.82) is 0 Å². The zero-order valence-corrected chi connectivity index (χ0v) is 11.4. The molecule has 0 aliphatic carbocycles. The molecule has 1 heterocycles. The van der Waals surface area contributed by atoms with E-state index in [0.29, 0.717) is 23.3 Å². The van der Waals surface area contributed by atoms with Crippen LogP contribution >= 0.6 is 11.6 Å². The first-order chi connectivity index (χ1) is 9.66. The fraction of sp³-hybridized carbons (Fsp3) is 0.167. The Morgan fingerprint density at radius 2 is 1.80 bits per heavy atom. The number of hydrogen-bond donors (Lipinski definition) is 0. The molecule has 0 saturated heterocycles. The first-order valence-electron chi connectivity index (χ1n) is 5.43. The molecule has 0 atom stereocenters. The Labute approximate surface area is 119 Å². The van der Waals surface area contributed by atoms with Gasteiger partial charge in [0.05, 0.1) is 14.2 Å². The summed E-state index contributed by atoms with van der Waals surface area (Å²) in [6.45, 7) is 0. The minimum Gasteiger partial charge on any atom is -0.493 e. The molecule has 0 aliphatic heterocycles. The molecule has 20 heavy (non-hydrogen) atoms. The van der Waals surface area contributed by atoms with Crippen LogP contribution in [-0.4, -0.2) is 35.5 Å². The van der Waals surface area contributed by atoms with Crippen LogP contribution in [0.15, 0.2) is 18.2 Å². The minimum absolute atomic E-state index is 0.0310. The molecular formula is C12H10ClN3O4. The van der Waals surface area contributed by atoms with Gasteiger partial charge >= 0.3 is 12.0 Å². The van der Waals surface area contributed by atoms with Crippen molar-refractivity contribution in [3.05, 3.63) is 29.0 Å². The number of halogens is 1. The molecular weight excluding hydrogens is 286 g/mol. The molecule has 8 heteroatoms. The number of nitrogens with zero attached hydrogens (tertiary/aromatic N) is 3. The van der Waals surface area contributed by atoms with Gasteiger partial charge in [0, 0.05) is 5.56 Å². The zero-order valence-electron chi connectivity index (χ0n) is 10.7. The molecule has 0 radical (unpaired) electrons. The lowest BCUT2D eigenvalue weighted by Gasteiger charge is -2.09. The van der Waals surface area contributed by atoms with E-state index in [2.05, 4.69) is 15.0 Å². The van der Waals surface area contributed by atoms with Crippen molar-refractivity contribution in [1.82, 2.24) is 15.0 Å². The standard InChI is InChI=1S/C12H10ClN3O4/c1-18-9-5-7(6-17)3-4-8(9)20-12-15-10(13)14-11(16-12)19-2/h3-6H,1-2H3. The molecule has 2 aromatic rings. The molecule has 0 unspecified atom stereocenters. The summed E-state index contributed by atoms with van der Waals surface area (Å²) < 4.78 is 15.4. The van der Waals surface area contributed by atoms with Gasteiger partial charge in [-0.1, -0.05) is 0 Å². The number of ether oxygens (including phenoxy) is 3. The van der Waals surface area contributed by atoms with Crippen molar-refractivity contribution in [2.24, 2.45) is 0 Å². The topological polar surface area (TPSA) is 83.4 Å². The molecule has 1 aromatic heterocycles. The summed E-state index contributed by atoms with van der Waals surface area (Å²) in [7, 11) is 2.85. The monoisotopic (exact) mass is 295 g/mol. The fourth-order valence-electron chi connectivity index (χ4n) is 1.39. The Bertz CT molecular complexity index is 636. The van der Waals surface area contributed by atoms with Crippen LogP contribution in [0.5, 0.6) is 23.5 Å². The molecule has 1 aromatic carbocycles. The average Bonchev–Trinajstić information content (AvgIpc) is 2.47. The first-order valence-corrected chi connectivity index (χ1v) is 5.80. The van der Waals surface area contributed by atoms with Gasteiger partial charge in [-0.3, -0.25) is 4.79 Å². The molecule has 2 rings (SSSR count). The van der Waals surface area contributed by atoms with Gasteiger partial charge in [-0.25, -0.2) is 0 Å². The number of aromatic nitrogens is 3. The van der Waals surface area contributed by atoms with Crippen LogP contribution in [0.1, 0.15) is 10.4 Å². The Morgan fingerprint density at radius 3 is 2.45 bits per heavy atom. The molecule has 0 fully saturated rings. The predicted molar refractivity (Wildman–Crippen MR) is 69.8 cm³/mol. The smallest absolute Gasteiger partial charge is 0.329 e. The third-order valence-corrected chi connectivity index (χ3v) is 2.44. The van der Waals surface area contributed by atoms with E-state index in [1.165, 1.54) is 20.3 Å². The van der Waals surface area contributed by atoms with E-state index >= 15 is 0 Å². The van der Waals surface area contributed by atoms with Gasteiger partial charge in [0.2, 0.25) is 5.28 Å². The number of aldehydes is 1. The van der Waals surface area contributed by atoms with Crippen LogP contribution in [0.25, 0.3) is 0 Å². The highest BCUT2D eigenvalue weighted by atomic mass is 35.5. The summed E-state index contributed by atoms with van der Waals surface area (Å²) in [6.07, 6.45) is 0.704. The fourth-order valence-corrected chi connectivity index (χ4v) is 1.54. The third-order valence-electron chi connectivity index (χ3n) is 2.27. The SMILES string of the molecule is COc1nc(Cl)nc(Oc2ccc(C=O)cc2OC)n1. The molecule has 0 spiro atoms. The highest BCUT2D eigenvalue weighted by molar-refractivity contribution is 6.28. The minimum atomic E-state index is -0.0599. The molecule has 7 nitrogen and oxygen atoms in total. The summed E-state index contributed by atoms with van der Waals surface area (Å²) in [5.41, 5.74) is 0.459. The van der Waals surface area contributed by atoms with Crippen molar-refractivity contribution >= 4 is 17.9 Å². The maximum absolute atomic E-state index is 10.7. The van der Waals surface area contributed by atoms with Crippen LogP contribution in [0.4, 0.5) is 0 Å². The summed E-state index contributed by atoms with van der Waals surface area (Å²) in [5.74, 6) is 0.701.